The number of carbonyl (C=O) groups excluding carboxylic acids is 2. The van der Waals surface area contributed by atoms with Gasteiger partial charge < -0.3 is 14.8 Å². The van der Waals surface area contributed by atoms with Crippen LogP contribution in [0.25, 0.3) is 11.3 Å². The molecule has 2 aromatic rings. The summed E-state index contributed by atoms with van der Waals surface area (Å²) in [7, 11) is 0. The standard InChI is InChI=1S/C16H15N3O4/c1-16(2)22-14(20)12(15(21)23-16)9-17-11-5-3-4-10(8-11)13-6-7-18-19-13/h3-9,17H,1-2H3,(H,18,19). The zero-order valence-corrected chi connectivity index (χ0v) is 12.6. The molecule has 1 aliphatic rings. The number of hydrogen-bond donors (Lipinski definition) is 2. The smallest absolute Gasteiger partial charge is 0.350 e. The molecule has 0 amide bonds. The molecule has 7 nitrogen and oxygen atoms in total. The Kier molecular flexibility index (Phi) is 3.61. The van der Waals surface area contributed by atoms with Crippen LogP contribution in [0.3, 0.4) is 0 Å². The minimum absolute atomic E-state index is 0.184. The average molecular weight is 313 g/mol. The van der Waals surface area contributed by atoms with Crippen LogP contribution in [-0.2, 0) is 19.1 Å². The van der Waals surface area contributed by atoms with Crippen molar-refractivity contribution in [1.29, 1.82) is 0 Å². The summed E-state index contributed by atoms with van der Waals surface area (Å²) in [5, 5.41) is 9.68. The molecule has 0 aliphatic carbocycles. The predicted molar refractivity (Wildman–Crippen MR) is 82.0 cm³/mol. The molecule has 1 fully saturated rings. The highest BCUT2D eigenvalue weighted by molar-refractivity contribution is 6.15. The Hall–Kier alpha value is -3.09. The van der Waals surface area contributed by atoms with Crippen molar-refractivity contribution in [3.05, 3.63) is 48.3 Å². The number of cyclic esters (lactones) is 2. The summed E-state index contributed by atoms with van der Waals surface area (Å²) in [5.41, 5.74) is 2.30. The van der Waals surface area contributed by atoms with Gasteiger partial charge in [-0.1, -0.05) is 12.1 Å². The van der Waals surface area contributed by atoms with Crippen LogP contribution in [0.15, 0.2) is 48.3 Å². The van der Waals surface area contributed by atoms with Crippen molar-refractivity contribution >= 4 is 17.6 Å². The summed E-state index contributed by atoms with van der Waals surface area (Å²) in [6.45, 7) is 3.00. The summed E-state index contributed by atoms with van der Waals surface area (Å²) in [6, 6.07) is 9.26. The maximum absolute atomic E-state index is 11.9. The second-order valence-electron chi connectivity index (χ2n) is 5.43. The lowest BCUT2D eigenvalue weighted by Crippen LogP contribution is -2.42. The highest BCUT2D eigenvalue weighted by Gasteiger charge is 2.38. The van der Waals surface area contributed by atoms with Gasteiger partial charge in [0.05, 0.1) is 5.69 Å². The zero-order chi connectivity index (χ0) is 16.4. The molecule has 0 spiro atoms. The van der Waals surface area contributed by atoms with E-state index in [2.05, 4.69) is 15.5 Å². The van der Waals surface area contributed by atoms with E-state index in [-0.39, 0.29) is 5.57 Å². The summed E-state index contributed by atoms with van der Waals surface area (Å²) in [6.07, 6.45) is 2.94. The van der Waals surface area contributed by atoms with Gasteiger partial charge in [0.1, 0.15) is 0 Å². The first kappa shape index (κ1) is 14.8. The number of nitrogens with zero attached hydrogens (tertiary/aromatic N) is 1. The average Bonchev–Trinajstić information content (AvgIpc) is 2.99. The van der Waals surface area contributed by atoms with Gasteiger partial charge in [-0.05, 0) is 18.2 Å². The Labute approximate surface area is 132 Å². The third-order valence-corrected chi connectivity index (χ3v) is 3.17. The molecule has 7 heteroatoms. The van der Waals surface area contributed by atoms with E-state index in [0.29, 0.717) is 5.69 Å². The SMILES string of the molecule is CC1(C)OC(=O)C(=CNc2cccc(-c3ccn[nH]3)c2)C(=O)O1. The van der Waals surface area contributed by atoms with Crippen molar-refractivity contribution in [3.8, 4) is 11.3 Å². The monoisotopic (exact) mass is 313 g/mol. The molecule has 1 aromatic carbocycles. The van der Waals surface area contributed by atoms with E-state index in [1.54, 1.807) is 12.3 Å². The number of rotatable bonds is 3. The molecular weight excluding hydrogens is 298 g/mol. The first-order chi connectivity index (χ1) is 10.9. The lowest BCUT2D eigenvalue weighted by atomic mass is 10.1. The maximum atomic E-state index is 11.9. The van der Waals surface area contributed by atoms with Crippen molar-refractivity contribution in [2.24, 2.45) is 0 Å². The van der Waals surface area contributed by atoms with E-state index in [1.165, 1.54) is 20.0 Å². The highest BCUT2D eigenvalue weighted by Crippen LogP contribution is 2.24. The Morgan fingerprint density at radius 1 is 1.17 bits per heavy atom. The first-order valence-corrected chi connectivity index (χ1v) is 6.98. The van der Waals surface area contributed by atoms with Crippen LogP contribution in [0.4, 0.5) is 5.69 Å². The van der Waals surface area contributed by atoms with Gasteiger partial charge in [-0.3, -0.25) is 5.10 Å². The summed E-state index contributed by atoms with van der Waals surface area (Å²) < 4.78 is 10.0. The molecule has 23 heavy (non-hydrogen) atoms. The number of H-pyrrole nitrogens is 1. The van der Waals surface area contributed by atoms with Crippen LogP contribution in [0.2, 0.25) is 0 Å². The van der Waals surface area contributed by atoms with Crippen molar-refractivity contribution in [1.82, 2.24) is 10.2 Å². The Morgan fingerprint density at radius 3 is 2.57 bits per heavy atom. The van der Waals surface area contributed by atoms with Gasteiger partial charge in [-0.25, -0.2) is 9.59 Å². The molecule has 1 aromatic heterocycles. The number of anilines is 1. The number of hydrogen-bond acceptors (Lipinski definition) is 6. The molecule has 0 atom stereocenters. The van der Waals surface area contributed by atoms with Gasteiger partial charge in [0.15, 0.2) is 5.57 Å². The van der Waals surface area contributed by atoms with E-state index >= 15 is 0 Å². The number of aromatic amines is 1. The summed E-state index contributed by atoms with van der Waals surface area (Å²) in [5.74, 6) is -2.68. The fraction of sp³-hybridized carbons (Fsp3) is 0.188. The van der Waals surface area contributed by atoms with Gasteiger partial charge >= 0.3 is 11.9 Å². The van der Waals surface area contributed by atoms with Crippen molar-refractivity contribution in [3.63, 3.8) is 0 Å². The van der Waals surface area contributed by atoms with Crippen molar-refractivity contribution in [2.75, 3.05) is 5.32 Å². The van der Waals surface area contributed by atoms with Gasteiger partial charge in [-0.15, -0.1) is 0 Å². The van der Waals surface area contributed by atoms with Gasteiger partial charge in [-0.2, -0.15) is 5.10 Å². The molecule has 0 unspecified atom stereocenters. The Bertz CT molecular complexity index is 756. The van der Waals surface area contributed by atoms with E-state index in [4.69, 9.17) is 9.47 Å². The lowest BCUT2D eigenvalue weighted by molar-refractivity contribution is -0.222. The van der Waals surface area contributed by atoms with E-state index in [1.807, 2.05) is 24.3 Å². The molecule has 2 heterocycles. The lowest BCUT2D eigenvalue weighted by Gasteiger charge is -2.29. The van der Waals surface area contributed by atoms with E-state index in [9.17, 15) is 9.59 Å². The molecule has 0 saturated carbocycles. The first-order valence-electron chi connectivity index (χ1n) is 6.98. The fourth-order valence-electron chi connectivity index (χ4n) is 2.13. The zero-order valence-electron chi connectivity index (χ0n) is 12.6. The fourth-order valence-corrected chi connectivity index (χ4v) is 2.13. The molecule has 118 valence electrons. The third kappa shape index (κ3) is 3.23. The molecule has 2 N–H and O–H groups in total. The predicted octanol–water partition coefficient (Wildman–Crippen LogP) is 2.21. The third-order valence-electron chi connectivity index (χ3n) is 3.17. The molecule has 0 radical (unpaired) electrons. The van der Waals surface area contributed by atoms with Crippen molar-refractivity contribution < 1.29 is 19.1 Å². The van der Waals surface area contributed by atoms with Crippen LogP contribution in [0.1, 0.15) is 13.8 Å². The van der Waals surface area contributed by atoms with Crippen LogP contribution in [0.5, 0.6) is 0 Å². The van der Waals surface area contributed by atoms with E-state index in [0.717, 1.165) is 11.3 Å². The van der Waals surface area contributed by atoms with Crippen molar-refractivity contribution in [2.45, 2.75) is 19.6 Å². The number of nitrogens with one attached hydrogen (secondary N) is 2. The topological polar surface area (TPSA) is 93.3 Å². The van der Waals surface area contributed by atoms with E-state index < -0.39 is 17.7 Å². The highest BCUT2D eigenvalue weighted by atomic mass is 16.7. The molecule has 1 saturated heterocycles. The normalized spacial score (nSPS) is 16.5. The quantitative estimate of drug-likeness (QED) is 0.512. The largest absolute Gasteiger partial charge is 0.419 e. The second-order valence-corrected chi connectivity index (χ2v) is 5.43. The minimum Gasteiger partial charge on any atom is -0.419 e. The maximum Gasteiger partial charge on any atom is 0.350 e. The number of benzene rings is 1. The van der Waals surface area contributed by atoms with Crippen LogP contribution < -0.4 is 5.32 Å². The Morgan fingerprint density at radius 2 is 1.91 bits per heavy atom. The number of aromatic nitrogens is 2. The van der Waals surface area contributed by atoms with Gasteiger partial charge in [0.25, 0.3) is 5.79 Å². The number of carbonyl (C=O) groups is 2. The molecule has 0 bridgehead atoms. The van der Waals surface area contributed by atoms with Gasteiger partial charge in [0.2, 0.25) is 0 Å². The Balaban J connectivity index is 1.79. The number of esters is 2. The minimum atomic E-state index is -1.24. The van der Waals surface area contributed by atoms with Gasteiger partial charge in [0, 0.05) is 37.5 Å². The second kappa shape index (κ2) is 5.60. The molecular formula is C16H15N3O4. The number of ether oxygens (including phenoxy) is 2. The summed E-state index contributed by atoms with van der Waals surface area (Å²) in [4.78, 5) is 23.7. The van der Waals surface area contributed by atoms with Crippen LogP contribution in [0, 0.1) is 0 Å². The molecule has 1 aliphatic heterocycles. The summed E-state index contributed by atoms with van der Waals surface area (Å²) >= 11 is 0. The van der Waals surface area contributed by atoms with Crippen LogP contribution >= 0.6 is 0 Å². The van der Waals surface area contributed by atoms with Crippen LogP contribution in [-0.4, -0.2) is 27.9 Å². The molecule has 3 rings (SSSR count).